The minimum absolute atomic E-state index is 0.0385. The first-order valence-electron chi connectivity index (χ1n) is 7.18. The number of nitrogens with one attached hydrogen (secondary N) is 1. The number of hydrogen-bond donors (Lipinski definition) is 1. The largest absolute Gasteiger partial charge is 0.288 e. The number of amides is 2. The summed E-state index contributed by atoms with van der Waals surface area (Å²) >= 11 is 0. The van der Waals surface area contributed by atoms with Gasteiger partial charge in [-0.25, -0.2) is 9.97 Å². The van der Waals surface area contributed by atoms with E-state index in [-0.39, 0.29) is 11.8 Å². The van der Waals surface area contributed by atoms with E-state index >= 15 is 0 Å². The Bertz CT molecular complexity index is 526. The third kappa shape index (κ3) is 2.64. The van der Waals surface area contributed by atoms with Crippen molar-refractivity contribution in [1.29, 1.82) is 0 Å². The molecule has 2 heterocycles. The fourth-order valence-electron chi connectivity index (χ4n) is 2.83. The molecule has 0 atom stereocenters. The van der Waals surface area contributed by atoms with E-state index in [4.69, 9.17) is 0 Å². The molecule has 1 saturated carbocycles. The monoisotopic (exact) mass is 274 g/mol. The van der Waals surface area contributed by atoms with Crippen LogP contribution in [0.4, 0.5) is 0 Å². The van der Waals surface area contributed by atoms with Crippen LogP contribution in [0, 0.1) is 0 Å². The van der Waals surface area contributed by atoms with Gasteiger partial charge in [0, 0.05) is 25.1 Å². The zero-order chi connectivity index (χ0) is 13.9. The molecule has 0 radical (unpaired) electrons. The van der Waals surface area contributed by atoms with Crippen LogP contribution in [0.15, 0.2) is 12.3 Å². The zero-order valence-electron chi connectivity index (χ0n) is 11.3. The Morgan fingerprint density at radius 2 is 2.10 bits per heavy atom. The molecule has 1 saturated heterocycles. The van der Waals surface area contributed by atoms with Gasteiger partial charge in [-0.15, -0.1) is 0 Å². The first-order chi connectivity index (χ1) is 9.74. The highest BCUT2D eigenvalue weighted by molar-refractivity contribution is 5.93. The predicted octanol–water partition coefficient (Wildman–Crippen LogP) is 1.40. The zero-order valence-corrected chi connectivity index (χ0v) is 11.3. The standard InChI is InChI=1S/C14H18N4O2/c19-12-6-3-9-18(12)17-14(20)11-7-8-15-13(16-11)10-4-1-2-5-10/h7-8,10H,1-6,9H2,(H,17,20). The fourth-order valence-corrected chi connectivity index (χ4v) is 2.83. The van der Waals surface area contributed by atoms with E-state index in [9.17, 15) is 9.59 Å². The molecule has 0 spiro atoms. The Morgan fingerprint density at radius 3 is 2.80 bits per heavy atom. The maximum atomic E-state index is 12.1. The van der Waals surface area contributed by atoms with Crippen molar-refractivity contribution in [1.82, 2.24) is 20.4 Å². The molecule has 6 heteroatoms. The first kappa shape index (κ1) is 13.0. The lowest BCUT2D eigenvalue weighted by Gasteiger charge is -2.16. The smallest absolute Gasteiger partial charge is 0.273 e. The summed E-state index contributed by atoms with van der Waals surface area (Å²) in [5.74, 6) is 0.754. The van der Waals surface area contributed by atoms with Gasteiger partial charge in [-0.05, 0) is 25.3 Å². The van der Waals surface area contributed by atoms with Crippen LogP contribution in [0.5, 0.6) is 0 Å². The molecule has 20 heavy (non-hydrogen) atoms. The maximum absolute atomic E-state index is 12.1. The highest BCUT2D eigenvalue weighted by Gasteiger charge is 2.24. The number of carbonyl (C=O) groups is 2. The van der Waals surface area contributed by atoms with Gasteiger partial charge in [0.15, 0.2) is 0 Å². The summed E-state index contributed by atoms with van der Waals surface area (Å²) in [6.07, 6.45) is 7.50. The van der Waals surface area contributed by atoms with Gasteiger partial charge in [-0.3, -0.25) is 20.0 Å². The van der Waals surface area contributed by atoms with Crippen molar-refractivity contribution < 1.29 is 9.59 Å². The maximum Gasteiger partial charge on any atom is 0.288 e. The van der Waals surface area contributed by atoms with E-state index in [0.717, 1.165) is 25.1 Å². The van der Waals surface area contributed by atoms with Crippen LogP contribution >= 0.6 is 0 Å². The third-order valence-electron chi connectivity index (χ3n) is 3.94. The Kier molecular flexibility index (Phi) is 3.62. The Hall–Kier alpha value is -1.98. The fraction of sp³-hybridized carbons (Fsp3) is 0.571. The van der Waals surface area contributed by atoms with Crippen molar-refractivity contribution >= 4 is 11.8 Å². The van der Waals surface area contributed by atoms with E-state index in [1.165, 1.54) is 17.9 Å². The summed E-state index contributed by atoms with van der Waals surface area (Å²) < 4.78 is 0. The van der Waals surface area contributed by atoms with Gasteiger partial charge in [-0.1, -0.05) is 12.8 Å². The molecule has 6 nitrogen and oxygen atoms in total. The van der Waals surface area contributed by atoms with Gasteiger partial charge in [-0.2, -0.15) is 0 Å². The lowest BCUT2D eigenvalue weighted by Crippen LogP contribution is -2.43. The number of hydrazine groups is 1. The molecule has 0 unspecified atom stereocenters. The highest BCUT2D eigenvalue weighted by Crippen LogP contribution is 2.31. The molecule has 2 aliphatic rings. The van der Waals surface area contributed by atoms with E-state index in [2.05, 4.69) is 15.4 Å². The summed E-state index contributed by atoms with van der Waals surface area (Å²) in [4.78, 5) is 32.3. The van der Waals surface area contributed by atoms with Gasteiger partial charge in [0.25, 0.3) is 5.91 Å². The topological polar surface area (TPSA) is 75.2 Å². The third-order valence-corrected chi connectivity index (χ3v) is 3.94. The van der Waals surface area contributed by atoms with E-state index in [0.29, 0.717) is 24.6 Å². The van der Waals surface area contributed by atoms with Crippen molar-refractivity contribution in [2.45, 2.75) is 44.4 Å². The molecule has 1 aliphatic heterocycles. The van der Waals surface area contributed by atoms with E-state index in [1.807, 2.05) is 0 Å². The van der Waals surface area contributed by atoms with Crippen LogP contribution in [0.1, 0.15) is 60.8 Å². The van der Waals surface area contributed by atoms with E-state index < -0.39 is 0 Å². The number of nitrogens with zero attached hydrogens (tertiary/aromatic N) is 3. The Morgan fingerprint density at radius 1 is 1.30 bits per heavy atom. The van der Waals surface area contributed by atoms with Gasteiger partial charge in [0.1, 0.15) is 11.5 Å². The van der Waals surface area contributed by atoms with Crippen LogP contribution in [-0.2, 0) is 4.79 Å². The van der Waals surface area contributed by atoms with Crippen molar-refractivity contribution in [3.8, 4) is 0 Å². The van der Waals surface area contributed by atoms with Crippen LogP contribution in [-0.4, -0.2) is 33.3 Å². The van der Waals surface area contributed by atoms with Crippen LogP contribution < -0.4 is 5.43 Å². The SMILES string of the molecule is O=C(NN1CCCC1=O)c1ccnc(C2CCCC2)n1. The van der Waals surface area contributed by atoms with Crippen molar-refractivity contribution in [2.75, 3.05) is 6.54 Å². The minimum Gasteiger partial charge on any atom is -0.273 e. The Labute approximate surface area is 117 Å². The predicted molar refractivity (Wildman–Crippen MR) is 71.7 cm³/mol. The molecule has 2 amide bonds. The summed E-state index contributed by atoms with van der Waals surface area (Å²) in [7, 11) is 0. The Balaban J connectivity index is 1.71. The average Bonchev–Trinajstić information content (AvgIpc) is 3.12. The summed E-state index contributed by atoms with van der Waals surface area (Å²) in [5.41, 5.74) is 2.95. The van der Waals surface area contributed by atoms with Crippen LogP contribution in [0.3, 0.4) is 0 Å². The molecule has 2 fully saturated rings. The second-order valence-electron chi connectivity index (χ2n) is 5.37. The normalized spacial score (nSPS) is 19.6. The quantitative estimate of drug-likeness (QED) is 0.904. The van der Waals surface area contributed by atoms with Gasteiger partial charge in [0.05, 0.1) is 0 Å². The number of hydrogen-bond acceptors (Lipinski definition) is 4. The summed E-state index contributed by atoms with van der Waals surface area (Å²) in [6.45, 7) is 0.575. The average molecular weight is 274 g/mol. The van der Waals surface area contributed by atoms with Gasteiger partial charge >= 0.3 is 0 Å². The molecular weight excluding hydrogens is 256 g/mol. The van der Waals surface area contributed by atoms with Crippen LogP contribution in [0.25, 0.3) is 0 Å². The molecule has 0 bridgehead atoms. The minimum atomic E-state index is -0.332. The molecular formula is C14H18N4O2. The van der Waals surface area contributed by atoms with Crippen LogP contribution in [0.2, 0.25) is 0 Å². The van der Waals surface area contributed by atoms with Gasteiger partial charge < -0.3 is 0 Å². The molecule has 0 aromatic carbocycles. The van der Waals surface area contributed by atoms with Crippen molar-refractivity contribution in [3.63, 3.8) is 0 Å². The molecule has 1 N–H and O–H groups in total. The van der Waals surface area contributed by atoms with Crippen molar-refractivity contribution in [2.24, 2.45) is 0 Å². The molecule has 3 rings (SSSR count). The molecule has 106 valence electrons. The lowest BCUT2D eigenvalue weighted by atomic mass is 10.1. The lowest BCUT2D eigenvalue weighted by molar-refractivity contribution is -0.129. The summed E-state index contributed by atoms with van der Waals surface area (Å²) in [6, 6.07) is 1.59. The molecule has 1 aromatic heterocycles. The number of rotatable bonds is 3. The second-order valence-corrected chi connectivity index (χ2v) is 5.37. The number of carbonyl (C=O) groups excluding carboxylic acids is 2. The number of aromatic nitrogens is 2. The molecule has 1 aliphatic carbocycles. The van der Waals surface area contributed by atoms with Gasteiger partial charge in [0.2, 0.25) is 5.91 Å². The first-order valence-corrected chi connectivity index (χ1v) is 7.18. The second kappa shape index (κ2) is 5.56. The summed E-state index contributed by atoms with van der Waals surface area (Å²) in [5, 5.41) is 1.37. The highest BCUT2D eigenvalue weighted by atomic mass is 16.2. The molecule has 1 aromatic rings. The van der Waals surface area contributed by atoms with Crippen molar-refractivity contribution in [3.05, 3.63) is 23.8 Å². The van der Waals surface area contributed by atoms with E-state index in [1.54, 1.807) is 12.3 Å².